The third-order valence-corrected chi connectivity index (χ3v) is 10.1. The second-order valence-corrected chi connectivity index (χ2v) is 18.5. The molecular formula is C45H59N7O8. The first-order valence-electron chi connectivity index (χ1n) is 20.5. The third kappa shape index (κ3) is 10.3. The van der Waals surface area contributed by atoms with Gasteiger partial charge >= 0.3 is 24.2 Å². The van der Waals surface area contributed by atoms with Crippen molar-refractivity contribution < 1.29 is 38.1 Å². The number of imidazole rings is 2. The summed E-state index contributed by atoms with van der Waals surface area (Å²) in [5.41, 5.74) is 3.27. The van der Waals surface area contributed by atoms with E-state index in [1.807, 2.05) is 92.6 Å². The number of likely N-dealkylation sites (tertiary alicyclic amines) is 2. The fourth-order valence-corrected chi connectivity index (χ4v) is 7.53. The second kappa shape index (κ2) is 17.0. The number of aromatic nitrogens is 4. The third-order valence-electron chi connectivity index (χ3n) is 10.1. The Morgan fingerprint density at radius 3 is 1.63 bits per heavy atom. The van der Waals surface area contributed by atoms with Crippen LogP contribution in [0.1, 0.15) is 128 Å². The number of carbonyl (C=O) groups is 4. The van der Waals surface area contributed by atoms with E-state index < -0.39 is 28.9 Å². The van der Waals surface area contributed by atoms with Gasteiger partial charge in [0.15, 0.2) is 0 Å². The van der Waals surface area contributed by atoms with E-state index in [4.69, 9.17) is 23.9 Å². The van der Waals surface area contributed by atoms with Crippen molar-refractivity contribution in [3.63, 3.8) is 0 Å². The molecule has 2 N–H and O–H groups in total. The first-order chi connectivity index (χ1) is 28.1. The quantitative estimate of drug-likeness (QED) is 0.129. The van der Waals surface area contributed by atoms with Crippen molar-refractivity contribution in [1.82, 2.24) is 34.6 Å². The molecule has 2 aromatic carbocycles. The maximum Gasteiger partial charge on any atom is 0.410 e. The average Bonchev–Trinajstić information content (AvgIpc) is 3.99. The highest BCUT2D eigenvalue weighted by atomic mass is 16.6. The lowest BCUT2D eigenvalue weighted by Crippen LogP contribution is -2.36. The van der Waals surface area contributed by atoms with Crippen molar-refractivity contribution in [3.8, 4) is 33.6 Å². The number of nitrogens with zero attached hydrogens (tertiary/aromatic N) is 5. The molecule has 0 aliphatic carbocycles. The number of carbonyl (C=O) groups excluding carboxylic acids is 4. The molecule has 2 saturated heterocycles. The topological polar surface area (TPSA) is 172 Å². The summed E-state index contributed by atoms with van der Waals surface area (Å²) in [5, 5.41) is 0. The Balaban J connectivity index is 1.35. The normalized spacial score (nSPS) is 17.1. The Morgan fingerprint density at radius 2 is 1.17 bits per heavy atom. The molecule has 0 radical (unpaired) electrons. The number of H-pyrrole nitrogens is 2. The maximum atomic E-state index is 13.6. The van der Waals surface area contributed by atoms with Crippen LogP contribution in [0.5, 0.6) is 0 Å². The SMILES string of the molecule is COC(=O)c1cc(-c2cnc([C@@H]3CCCN3C(=O)OC(C)(C)C)[nH]2)ccc1-c1ccc(-c2cnc([C@H]3CCCN3C(=O)OC(C)(C)C)[nH]2)cc1CN(C)C(=O)OC(C)(C)C. The van der Waals surface area contributed by atoms with Gasteiger partial charge in [0.25, 0.3) is 0 Å². The molecule has 3 amide bonds. The number of aromatic amines is 2. The van der Waals surface area contributed by atoms with Gasteiger partial charge in [0.1, 0.15) is 28.5 Å². The van der Waals surface area contributed by atoms with Crippen LogP contribution in [0.2, 0.25) is 0 Å². The lowest BCUT2D eigenvalue weighted by atomic mass is 9.91. The molecule has 15 heteroatoms. The Labute approximate surface area is 352 Å². The van der Waals surface area contributed by atoms with Crippen LogP contribution in [0.25, 0.3) is 33.6 Å². The number of benzene rings is 2. The minimum atomic E-state index is -0.706. The van der Waals surface area contributed by atoms with Gasteiger partial charge < -0.3 is 33.8 Å². The number of nitrogens with one attached hydrogen (secondary N) is 2. The predicted molar refractivity (Wildman–Crippen MR) is 226 cm³/mol. The van der Waals surface area contributed by atoms with Crippen molar-refractivity contribution in [1.29, 1.82) is 0 Å². The summed E-state index contributed by atoms with van der Waals surface area (Å²) in [6.07, 6.45) is 5.30. The molecule has 2 aromatic heterocycles. The molecule has 6 rings (SSSR count). The van der Waals surface area contributed by atoms with E-state index in [1.165, 1.54) is 12.0 Å². The number of ether oxygens (including phenoxy) is 4. The summed E-state index contributed by atoms with van der Waals surface area (Å²) in [6, 6.07) is 10.8. The summed E-state index contributed by atoms with van der Waals surface area (Å²) < 4.78 is 22.3. The molecule has 4 aromatic rings. The highest BCUT2D eigenvalue weighted by molar-refractivity contribution is 5.99. The molecule has 4 heterocycles. The first-order valence-corrected chi connectivity index (χ1v) is 20.5. The standard InChI is InChI=1S/C45H59N7O8/c1-43(2,3)58-40(54)50(10)26-29-22-27(33-24-46-37(48-33)35-14-12-20-51(35)41(55)59-44(4,5)6)16-18-30(29)31-19-17-28(23-32(31)39(53)57-11)34-25-47-38(49-34)36-15-13-21-52(36)42(56)60-45(7,8)9/h16-19,22-25,35-36H,12-15,20-21,26H2,1-11H3,(H,46,48)(H,47,49)/t35-,36+/m1/s1. The summed E-state index contributed by atoms with van der Waals surface area (Å²) in [5.74, 6) is 0.742. The molecule has 2 aliphatic heterocycles. The van der Waals surface area contributed by atoms with E-state index in [9.17, 15) is 19.2 Å². The number of rotatable bonds is 8. The summed E-state index contributed by atoms with van der Waals surface area (Å²) in [4.78, 5) is 74.0. The van der Waals surface area contributed by atoms with E-state index in [0.29, 0.717) is 52.7 Å². The van der Waals surface area contributed by atoms with Gasteiger partial charge in [-0.3, -0.25) is 9.80 Å². The van der Waals surface area contributed by atoms with Gasteiger partial charge in [-0.25, -0.2) is 29.1 Å². The van der Waals surface area contributed by atoms with E-state index in [0.717, 1.165) is 42.5 Å². The molecule has 0 saturated carbocycles. The van der Waals surface area contributed by atoms with Gasteiger partial charge in [0, 0.05) is 32.2 Å². The van der Waals surface area contributed by atoms with Crippen LogP contribution in [0, 0.1) is 0 Å². The molecule has 0 bridgehead atoms. The van der Waals surface area contributed by atoms with Crippen molar-refractivity contribution in [3.05, 3.63) is 71.6 Å². The molecule has 60 heavy (non-hydrogen) atoms. The Bertz CT molecular complexity index is 2220. The Hall–Kier alpha value is -5.86. The lowest BCUT2D eigenvalue weighted by Gasteiger charge is -2.27. The van der Waals surface area contributed by atoms with Gasteiger partial charge in [-0.05, 0) is 122 Å². The predicted octanol–water partition coefficient (Wildman–Crippen LogP) is 9.43. The first kappa shape index (κ1) is 43.7. The van der Waals surface area contributed by atoms with Gasteiger partial charge in [-0.2, -0.15) is 0 Å². The number of hydrogen-bond acceptors (Lipinski definition) is 10. The van der Waals surface area contributed by atoms with Gasteiger partial charge in [-0.1, -0.05) is 24.3 Å². The zero-order valence-corrected chi connectivity index (χ0v) is 36.7. The molecule has 2 aliphatic rings. The smallest absolute Gasteiger partial charge is 0.410 e. The van der Waals surface area contributed by atoms with Gasteiger partial charge in [0.05, 0.1) is 48.5 Å². The Morgan fingerprint density at radius 1 is 0.700 bits per heavy atom. The zero-order valence-electron chi connectivity index (χ0n) is 36.7. The maximum absolute atomic E-state index is 13.6. The number of amides is 3. The molecule has 322 valence electrons. The van der Waals surface area contributed by atoms with Crippen LogP contribution in [0.3, 0.4) is 0 Å². The number of hydrogen-bond donors (Lipinski definition) is 2. The van der Waals surface area contributed by atoms with E-state index in [2.05, 4.69) is 15.0 Å². The van der Waals surface area contributed by atoms with Crippen molar-refractivity contribution in [2.24, 2.45) is 0 Å². The minimum Gasteiger partial charge on any atom is -0.465 e. The van der Waals surface area contributed by atoms with E-state index in [1.54, 1.807) is 35.3 Å². The monoisotopic (exact) mass is 825 g/mol. The van der Waals surface area contributed by atoms with Crippen LogP contribution < -0.4 is 0 Å². The van der Waals surface area contributed by atoms with Crippen LogP contribution in [0.4, 0.5) is 14.4 Å². The zero-order chi connectivity index (χ0) is 43.7. The highest BCUT2D eigenvalue weighted by Gasteiger charge is 2.36. The molecule has 15 nitrogen and oxygen atoms in total. The van der Waals surface area contributed by atoms with Crippen molar-refractivity contribution in [2.75, 3.05) is 27.2 Å². The van der Waals surface area contributed by atoms with E-state index >= 15 is 0 Å². The second-order valence-electron chi connectivity index (χ2n) is 18.5. The number of methoxy groups -OCH3 is 1. The minimum absolute atomic E-state index is 0.149. The summed E-state index contributed by atoms with van der Waals surface area (Å²) in [7, 11) is 3.00. The van der Waals surface area contributed by atoms with Crippen LogP contribution in [0.15, 0.2) is 48.8 Å². The fourth-order valence-electron chi connectivity index (χ4n) is 7.53. The molecule has 2 atom stereocenters. The Kier molecular flexibility index (Phi) is 12.4. The van der Waals surface area contributed by atoms with Crippen LogP contribution in [-0.4, -0.2) is 103 Å². The summed E-state index contributed by atoms with van der Waals surface area (Å²) >= 11 is 0. The van der Waals surface area contributed by atoms with Gasteiger partial charge in [-0.15, -0.1) is 0 Å². The summed E-state index contributed by atoms with van der Waals surface area (Å²) in [6.45, 7) is 17.8. The van der Waals surface area contributed by atoms with Crippen LogP contribution >= 0.6 is 0 Å². The molecular weight excluding hydrogens is 767 g/mol. The van der Waals surface area contributed by atoms with Crippen molar-refractivity contribution >= 4 is 24.2 Å². The van der Waals surface area contributed by atoms with Gasteiger partial charge in [0.2, 0.25) is 0 Å². The largest absolute Gasteiger partial charge is 0.465 e. The average molecular weight is 826 g/mol. The van der Waals surface area contributed by atoms with Crippen molar-refractivity contribution in [2.45, 2.75) is 123 Å². The fraction of sp³-hybridized carbons (Fsp3) is 0.511. The lowest BCUT2D eigenvalue weighted by molar-refractivity contribution is 0.0208. The highest BCUT2D eigenvalue weighted by Crippen LogP contribution is 2.38. The van der Waals surface area contributed by atoms with E-state index in [-0.39, 0.29) is 30.8 Å². The molecule has 0 unspecified atom stereocenters. The number of esters is 1. The van der Waals surface area contributed by atoms with Crippen LogP contribution in [-0.2, 0) is 25.5 Å². The molecule has 0 spiro atoms. The molecule has 2 fully saturated rings.